The molecule has 0 saturated heterocycles. The Hall–Kier alpha value is -1.88. The van der Waals surface area contributed by atoms with E-state index in [2.05, 4.69) is 20.9 Å². The van der Waals surface area contributed by atoms with Crippen LogP contribution in [0.4, 0.5) is 5.69 Å². The van der Waals surface area contributed by atoms with Crippen LogP contribution in [0.25, 0.3) is 0 Å². The summed E-state index contributed by atoms with van der Waals surface area (Å²) in [4.78, 5) is 16.3. The Morgan fingerprint density at radius 2 is 2.17 bits per heavy atom. The summed E-state index contributed by atoms with van der Waals surface area (Å²) < 4.78 is 5.81. The first-order valence-corrected chi connectivity index (χ1v) is 6.01. The molecule has 18 heavy (non-hydrogen) atoms. The van der Waals surface area contributed by atoms with Gasteiger partial charge in [0.25, 0.3) is 0 Å². The topological polar surface area (TPSA) is 65.2 Å². The van der Waals surface area contributed by atoms with E-state index in [9.17, 15) is 4.79 Å². The summed E-state index contributed by atoms with van der Waals surface area (Å²) in [6.45, 7) is 0. The van der Waals surface area contributed by atoms with E-state index >= 15 is 0 Å². The number of carbonyl (C=O) groups excluding carboxylic acids is 1. The van der Waals surface area contributed by atoms with Crippen LogP contribution in [-0.2, 0) is 0 Å². The van der Waals surface area contributed by atoms with Gasteiger partial charge in [0.2, 0.25) is 5.78 Å². The average Bonchev–Trinajstić information content (AvgIpc) is 2.41. The molecule has 0 amide bonds. The van der Waals surface area contributed by atoms with Gasteiger partial charge >= 0.3 is 0 Å². The molecular weight excluding hydrogens is 296 g/mol. The van der Waals surface area contributed by atoms with Gasteiger partial charge in [-0.05, 0) is 46.3 Å². The molecule has 1 aromatic carbocycles. The van der Waals surface area contributed by atoms with Crippen LogP contribution in [0.1, 0.15) is 16.1 Å². The molecule has 2 aromatic rings. The van der Waals surface area contributed by atoms with Crippen molar-refractivity contribution in [3.05, 3.63) is 52.3 Å². The molecule has 1 aromatic heterocycles. The Morgan fingerprint density at radius 3 is 2.83 bits per heavy atom. The third-order valence-corrected chi connectivity index (χ3v) is 3.16. The summed E-state index contributed by atoms with van der Waals surface area (Å²) in [5, 5.41) is 0. The number of nitrogen functional groups attached to an aromatic ring is 1. The van der Waals surface area contributed by atoms with Crippen molar-refractivity contribution >= 4 is 27.4 Å². The van der Waals surface area contributed by atoms with Crippen molar-refractivity contribution in [3.8, 4) is 5.75 Å². The Morgan fingerprint density at radius 1 is 1.39 bits per heavy atom. The largest absolute Gasteiger partial charge is 0.494 e. The molecule has 5 heteroatoms. The summed E-state index contributed by atoms with van der Waals surface area (Å²) in [6.07, 6.45) is 1.56. The molecule has 4 nitrogen and oxygen atoms in total. The van der Waals surface area contributed by atoms with E-state index in [1.54, 1.807) is 36.5 Å². The summed E-state index contributed by atoms with van der Waals surface area (Å²) in [6, 6.07) is 8.43. The first-order chi connectivity index (χ1) is 8.63. The molecule has 1 heterocycles. The fourth-order valence-corrected chi connectivity index (χ4v) is 1.91. The molecule has 2 rings (SSSR count). The number of pyridine rings is 1. The zero-order chi connectivity index (χ0) is 13.1. The number of nitrogens with zero attached hydrogens (tertiary/aromatic N) is 1. The summed E-state index contributed by atoms with van der Waals surface area (Å²) in [7, 11) is 1.51. The molecule has 0 spiro atoms. The predicted octanol–water partition coefficient (Wildman–Crippen LogP) is 2.67. The lowest BCUT2D eigenvalue weighted by Gasteiger charge is -2.07. The molecule has 0 fully saturated rings. The number of anilines is 1. The zero-order valence-electron chi connectivity index (χ0n) is 9.68. The van der Waals surface area contributed by atoms with Gasteiger partial charge in [-0.25, -0.2) is 4.98 Å². The molecule has 0 aliphatic rings. The van der Waals surface area contributed by atoms with Gasteiger partial charge in [0.1, 0.15) is 5.75 Å². The standard InChI is InChI=1S/C13H11BrN2O2/c1-18-11-3-2-6-16-12(11)13(17)8-4-5-10(15)9(14)7-8/h2-7H,15H2,1H3. The van der Waals surface area contributed by atoms with E-state index in [1.807, 2.05) is 0 Å². The van der Waals surface area contributed by atoms with Crippen molar-refractivity contribution in [2.45, 2.75) is 0 Å². The molecular formula is C13H11BrN2O2. The normalized spacial score (nSPS) is 10.1. The number of ether oxygens (including phenoxy) is 1. The average molecular weight is 307 g/mol. The lowest BCUT2D eigenvalue weighted by molar-refractivity contribution is 0.103. The van der Waals surface area contributed by atoms with E-state index in [0.717, 1.165) is 0 Å². The SMILES string of the molecule is COc1cccnc1C(=O)c1ccc(N)c(Br)c1. The first kappa shape index (κ1) is 12.6. The number of methoxy groups -OCH3 is 1. The minimum Gasteiger partial charge on any atom is -0.494 e. The first-order valence-electron chi connectivity index (χ1n) is 5.22. The number of aromatic nitrogens is 1. The smallest absolute Gasteiger partial charge is 0.215 e. The second kappa shape index (κ2) is 5.18. The maximum Gasteiger partial charge on any atom is 0.215 e. The molecule has 92 valence electrons. The monoisotopic (exact) mass is 306 g/mol. The second-order valence-corrected chi connectivity index (χ2v) is 4.47. The molecule has 0 unspecified atom stereocenters. The van der Waals surface area contributed by atoms with Gasteiger partial charge in [-0.3, -0.25) is 4.79 Å². The van der Waals surface area contributed by atoms with Crippen molar-refractivity contribution in [3.63, 3.8) is 0 Å². The maximum atomic E-state index is 12.3. The highest BCUT2D eigenvalue weighted by atomic mass is 79.9. The van der Waals surface area contributed by atoms with Crippen LogP contribution in [0.2, 0.25) is 0 Å². The maximum absolute atomic E-state index is 12.3. The van der Waals surface area contributed by atoms with Gasteiger partial charge in [0, 0.05) is 21.9 Å². The van der Waals surface area contributed by atoms with E-state index in [4.69, 9.17) is 10.5 Å². The molecule has 0 aliphatic heterocycles. The highest BCUT2D eigenvalue weighted by Crippen LogP contribution is 2.24. The van der Waals surface area contributed by atoms with Gasteiger partial charge in [0.15, 0.2) is 5.69 Å². The van der Waals surface area contributed by atoms with Crippen molar-refractivity contribution in [2.24, 2.45) is 0 Å². The highest BCUT2D eigenvalue weighted by Gasteiger charge is 2.16. The molecule has 0 aliphatic carbocycles. The fourth-order valence-electron chi connectivity index (χ4n) is 1.53. The van der Waals surface area contributed by atoms with E-state index < -0.39 is 0 Å². The second-order valence-electron chi connectivity index (χ2n) is 3.62. The molecule has 0 bridgehead atoms. The van der Waals surface area contributed by atoms with Crippen molar-refractivity contribution in [2.75, 3.05) is 12.8 Å². The van der Waals surface area contributed by atoms with Crippen LogP contribution in [0.5, 0.6) is 5.75 Å². The zero-order valence-corrected chi connectivity index (χ0v) is 11.3. The number of benzene rings is 1. The van der Waals surface area contributed by atoms with Crippen LogP contribution >= 0.6 is 15.9 Å². The minimum atomic E-state index is -0.201. The molecule has 2 N–H and O–H groups in total. The number of halogens is 1. The van der Waals surface area contributed by atoms with Crippen LogP contribution in [-0.4, -0.2) is 17.9 Å². The van der Waals surface area contributed by atoms with Gasteiger partial charge in [-0.1, -0.05) is 0 Å². The van der Waals surface area contributed by atoms with Crippen LogP contribution in [0.15, 0.2) is 41.0 Å². The molecule has 0 radical (unpaired) electrons. The third kappa shape index (κ3) is 2.36. The van der Waals surface area contributed by atoms with Crippen molar-refractivity contribution in [1.82, 2.24) is 4.98 Å². The Labute approximate surface area is 113 Å². The number of nitrogens with two attached hydrogens (primary N) is 1. The van der Waals surface area contributed by atoms with Crippen molar-refractivity contribution < 1.29 is 9.53 Å². The van der Waals surface area contributed by atoms with Gasteiger partial charge in [0.05, 0.1) is 7.11 Å². The van der Waals surface area contributed by atoms with Crippen molar-refractivity contribution in [1.29, 1.82) is 0 Å². The Kier molecular flexibility index (Phi) is 3.62. The Balaban J connectivity index is 2.44. The Bertz CT molecular complexity index is 599. The van der Waals surface area contributed by atoms with E-state index in [-0.39, 0.29) is 11.5 Å². The van der Waals surface area contributed by atoms with Gasteiger partial charge in [-0.15, -0.1) is 0 Å². The fraction of sp³-hybridized carbons (Fsp3) is 0.0769. The van der Waals surface area contributed by atoms with Crippen LogP contribution < -0.4 is 10.5 Å². The highest BCUT2D eigenvalue weighted by molar-refractivity contribution is 9.10. The van der Waals surface area contributed by atoms with Gasteiger partial charge in [-0.2, -0.15) is 0 Å². The third-order valence-electron chi connectivity index (χ3n) is 2.47. The summed E-state index contributed by atoms with van der Waals surface area (Å²) in [5.41, 5.74) is 7.06. The number of ketones is 1. The van der Waals surface area contributed by atoms with Crippen LogP contribution in [0, 0.1) is 0 Å². The number of hydrogen-bond acceptors (Lipinski definition) is 4. The van der Waals surface area contributed by atoms with Gasteiger partial charge < -0.3 is 10.5 Å². The van der Waals surface area contributed by atoms with E-state index in [0.29, 0.717) is 21.5 Å². The van der Waals surface area contributed by atoms with E-state index in [1.165, 1.54) is 7.11 Å². The molecule has 0 atom stereocenters. The van der Waals surface area contributed by atoms with Crippen LogP contribution in [0.3, 0.4) is 0 Å². The molecule has 0 saturated carbocycles. The summed E-state index contributed by atoms with van der Waals surface area (Å²) in [5.74, 6) is 0.253. The number of rotatable bonds is 3. The predicted molar refractivity (Wildman–Crippen MR) is 72.8 cm³/mol. The lowest BCUT2D eigenvalue weighted by Crippen LogP contribution is -2.06. The number of carbonyl (C=O) groups is 1. The summed E-state index contributed by atoms with van der Waals surface area (Å²) >= 11 is 3.29. The minimum absolute atomic E-state index is 0.201. The number of hydrogen-bond donors (Lipinski definition) is 1. The quantitative estimate of drug-likeness (QED) is 0.699. The lowest BCUT2D eigenvalue weighted by atomic mass is 10.1.